The molecule has 2 unspecified atom stereocenters. The summed E-state index contributed by atoms with van der Waals surface area (Å²) in [6.07, 6.45) is 1.91. The van der Waals surface area contributed by atoms with Crippen molar-refractivity contribution in [2.75, 3.05) is 0 Å². The lowest BCUT2D eigenvalue weighted by Crippen LogP contribution is -2.42. The van der Waals surface area contributed by atoms with Gasteiger partial charge in [-0.25, -0.2) is 0 Å². The fourth-order valence-corrected chi connectivity index (χ4v) is 2.81. The van der Waals surface area contributed by atoms with Gasteiger partial charge >= 0.3 is 0 Å². The highest BCUT2D eigenvalue weighted by atomic mass is 35.5. The number of hydrogen-bond acceptors (Lipinski definition) is 2. The molecule has 4 heteroatoms. The molecule has 2 aromatic carbocycles. The van der Waals surface area contributed by atoms with Gasteiger partial charge in [0.15, 0.2) is 5.62 Å². The average molecular weight is 305 g/mol. The van der Waals surface area contributed by atoms with Gasteiger partial charge in [-0.1, -0.05) is 77.8 Å². The lowest BCUT2D eigenvalue weighted by Gasteiger charge is -2.26. The van der Waals surface area contributed by atoms with E-state index in [9.17, 15) is 0 Å². The van der Waals surface area contributed by atoms with Crippen LogP contribution in [-0.4, -0.2) is 5.62 Å². The molecule has 1 heterocycles. The van der Waals surface area contributed by atoms with Crippen molar-refractivity contribution >= 4 is 23.2 Å². The van der Waals surface area contributed by atoms with Gasteiger partial charge in [-0.05, 0) is 22.8 Å². The number of alkyl halides is 1. The zero-order valence-electron chi connectivity index (χ0n) is 10.7. The lowest BCUT2D eigenvalue weighted by atomic mass is 10.0. The minimum Gasteiger partial charge on any atom is -0.348 e. The van der Waals surface area contributed by atoms with E-state index in [0.717, 1.165) is 5.56 Å². The van der Waals surface area contributed by atoms with Gasteiger partial charge in [-0.3, -0.25) is 5.32 Å². The molecule has 2 aromatic rings. The van der Waals surface area contributed by atoms with E-state index in [4.69, 9.17) is 23.2 Å². The van der Waals surface area contributed by atoms with Crippen LogP contribution in [0.3, 0.4) is 0 Å². The van der Waals surface area contributed by atoms with E-state index in [-0.39, 0.29) is 11.7 Å². The normalized spacial score (nSPS) is 22.0. The molecule has 0 aliphatic carbocycles. The summed E-state index contributed by atoms with van der Waals surface area (Å²) in [6, 6.07) is 18.7. The van der Waals surface area contributed by atoms with Gasteiger partial charge in [0.25, 0.3) is 0 Å². The highest BCUT2D eigenvalue weighted by Gasteiger charge is 2.19. The molecule has 102 valence electrons. The van der Waals surface area contributed by atoms with Gasteiger partial charge in [0, 0.05) is 0 Å². The quantitative estimate of drug-likeness (QED) is 0.642. The van der Waals surface area contributed by atoms with E-state index in [0.29, 0.717) is 5.16 Å². The van der Waals surface area contributed by atoms with Crippen LogP contribution in [0.4, 0.5) is 0 Å². The largest absolute Gasteiger partial charge is 0.348 e. The first-order chi connectivity index (χ1) is 9.72. The summed E-state index contributed by atoms with van der Waals surface area (Å²) in [4.78, 5) is 0. The zero-order valence-corrected chi connectivity index (χ0v) is 12.2. The van der Waals surface area contributed by atoms with Gasteiger partial charge in [-0.15, -0.1) is 0 Å². The highest BCUT2D eigenvalue weighted by Crippen LogP contribution is 2.25. The first-order valence-corrected chi connectivity index (χ1v) is 7.23. The van der Waals surface area contributed by atoms with Gasteiger partial charge in [0.2, 0.25) is 0 Å². The molecule has 1 aliphatic heterocycles. The van der Waals surface area contributed by atoms with E-state index in [1.54, 1.807) is 0 Å². The molecule has 0 amide bonds. The Morgan fingerprint density at radius 2 is 1.50 bits per heavy atom. The molecule has 2 nitrogen and oxygen atoms in total. The van der Waals surface area contributed by atoms with Crippen molar-refractivity contribution < 1.29 is 0 Å². The first kappa shape index (κ1) is 13.5. The second-order valence-corrected chi connectivity index (χ2v) is 5.50. The van der Waals surface area contributed by atoms with E-state index in [2.05, 4.69) is 47.0 Å². The predicted molar refractivity (Wildman–Crippen MR) is 84.5 cm³/mol. The summed E-state index contributed by atoms with van der Waals surface area (Å²) in [5.74, 6) is 0. The zero-order chi connectivity index (χ0) is 13.9. The smallest absolute Gasteiger partial charge is 0.156 e. The summed E-state index contributed by atoms with van der Waals surface area (Å²) in [7, 11) is 0. The van der Waals surface area contributed by atoms with E-state index in [1.165, 1.54) is 11.1 Å². The molecule has 0 aromatic heterocycles. The first-order valence-electron chi connectivity index (χ1n) is 6.42. The number of nitrogens with one attached hydrogen (secondary N) is 2. The van der Waals surface area contributed by atoms with Gasteiger partial charge in [-0.2, -0.15) is 0 Å². The Bertz CT molecular complexity index is 608. The Morgan fingerprint density at radius 1 is 0.850 bits per heavy atom. The van der Waals surface area contributed by atoms with E-state index in [1.807, 2.05) is 24.3 Å². The Labute approximate surface area is 128 Å². The number of hydrogen-bond donors (Lipinski definition) is 2. The van der Waals surface area contributed by atoms with Gasteiger partial charge in [0.05, 0.1) is 6.04 Å². The van der Waals surface area contributed by atoms with Crippen LogP contribution >= 0.6 is 23.2 Å². The molecule has 0 bridgehead atoms. The maximum atomic E-state index is 6.04. The van der Waals surface area contributed by atoms with Crippen molar-refractivity contribution in [3.8, 4) is 11.1 Å². The average Bonchev–Trinajstić information content (AvgIpc) is 2.47. The molecule has 0 saturated heterocycles. The molecule has 0 saturated carbocycles. The molecule has 20 heavy (non-hydrogen) atoms. The van der Waals surface area contributed by atoms with Crippen LogP contribution in [0.5, 0.6) is 0 Å². The molecule has 3 rings (SSSR count). The molecule has 0 radical (unpaired) electrons. The molecule has 0 spiro atoms. The van der Waals surface area contributed by atoms with Crippen molar-refractivity contribution in [1.82, 2.24) is 10.6 Å². The maximum absolute atomic E-state index is 6.04. The van der Waals surface area contributed by atoms with Gasteiger partial charge < -0.3 is 5.32 Å². The maximum Gasteiger partial charge on any atom is 0.156 e. The van der Waals surface area contributed by atoms with Crippen molar-refractivity contribution in [2.45, 2.75) is 11.7 Å². The summed E-state index contributed by atoms with van der Waals surface area (Å²) in [6.45, 7) is 0. The summed E-state index contributed by atoms with van der Waals surface area (Å²) < 4.78 is 0. The minimum absolute atomic E-state index is 0.0241. The Morgan fingerprint density at radius 3 is 2.15 bits per heavy atom. The minimum atomic E-state index is -0.355. The molecular formula is C16H14Cl2N2. The van der Waals surface area contributed by atoms with Crippen LogP contribution in [-0.2, 0) is 0 Å². The van der Waals surface area contributed by atoms with Crippen molar-refractivity contribution in [3.63, 3.8) is 0 Å². The molecule has 0 fully saturated rings. The second kappa shape index (κ2) is 5.88. The van der Waals surface area contributed by atoms with Crippen LogP contribution in [0.2, 0.25) is 0 Å². The topological polar surface area (TPSA) is 24.1 Å². The SMILES string of the molecule is ClC1=CC(c2ccc(-c3ccccc3)cc2)NC(Cl)N1. The molecular weight excluding hydrogens is 291 g/mol. The predicted octanol–water partition coefficient (Wildman–Crippen LogP) is 4.19. The van der Waals surface area contributed by atoms with Crippen molar-refractivity contribution in [3.05, 3.63) is 71.4 Å². The monoisotopic (exact) mass is 304 g/mol. The number of rotatable bonds is 2. The van der Waals surface area contributed by atoms with Crippen LogP contribution in [0, 0.1) is 0 Å². The third-order valence-electron chi connectivity index (χ3n) is 3.28. The van der Waals surface area contributed by atoms with Crippen molar-refractivity contribution in [2.24, 2.45) is 0 Å². The summed E-state index contributed by atoms with van der Waals surface area (Å²) in [5.41, 5.74) is 3.18. The number of benzene rings is 2. The van der Waals surface area contributed by atoms with Crippen LogP contribution in [0.25, 0.3) is 11.1 Å². The molecule has 2 atom stereocenters. The summed E-state index contributed by atoms with van der Waals surface area (Å²) >= 11 is 12.0. The number of halogens is 2. The Balaban J connectivity index is 1.85. The third kappa shape index (κ3) is 2.98. The Kier molecular flexibility index (Phi) is 3.97. The summed E-state index contributed by atoms with van der Waals surface area (Å²) in [5, 5.41) is 6.68. The van der Waals surface area contributed by atoms with Crippen molar-refractivity contribution in [1.29, 1.82) is 0 Å². The third-order valence-corrected chi connectivity index (χ3v) is 3.75. The standard InChI is InChI=1S/C16H14Cl2N2/c17-15-10-14(19-16(18)20-15)13-8-6-12(7-9-13)11-4-2-1-3-5-11/h1-10,14,16,19-20H. The molecule has 1 aliphatic rings. The lowest BCUT2D eigenvalue weighted by molar-refractivity contribution is 0.515. The fourth-order valence-electron chi connectivity index (χ4n) is 2.27. The van der Waals surface area contributed by atoms with Crippen LogP contribution < -0.4 is 10.6 Å². The van der Waals surface area contributed by atoms with Crippen LogP contribution in [0.1, 0.15) is 11.6 Å². The van der Waals surface area contributed by atoms with E-state index < -0.39 is 0 Å². The fraction of sp³-hybridized carbons (Fsp3) is 0.125. The van der Waals surface area contributed by atoms with E-state index >= 15 is 0 Å². The molecule has 2 N–H and O–H groups in total. The van der Waals surface area contributed by atoms with Crippen LogP contribution in [0.15, 0.2) is 65.8 Å². The van der Waals surface area contributed by atoms with Gasteiger partial charge in [0.1, 0.15) is 5.16 Å². The Hall–Kier alpha value is -1.48. The highest BCUT2D eigenvalue weighted by molar-refractivity contribution is 6.30. The second-order valence-electron chi connectivity index (χ2n) is 4.65.